The quantitative estimate of drug-likeness (QED) is 0.295. The minimum Gasteiger partial charge on any atom is -0.461 e. The molecule has 45 heavy (non-hydrogen) atoms. The smallest absolute Gasteiger partial charge is 0.319 e. The molecular formula is C35H38F2N6O2. The first kappa shape index (κ1) is 28.5. The molecule has 4 aliphatic heterocycles. The van der Waals surface area contributed by atoms with Gasteiger partial charge in [0, 0.05) is 43.2 Å². The highest BCUT2D eigenvalue weighted by molar-refractivity contribution is 6.01. The van der Waals surface area contributed by atoms with Gasteiger partial charge in [-0.1, -0.05) is 31.2 Å². The number of benzene rings is 2. The lowest BCUT2D eigenvalue weighted by molar-refractivity contribution is -0.119. The molecule has 234 valence electrons. The maximum absolute atomic E-state index is 16.9. The van der Waals surface area contributed by atoms with Crippen molar-refractivity contribution in [2.45, 2.75) is 63.8 Å². The van der Waals surface area contributed by atoms with E-state index in [0.29, 0.717) is 60.3 Å². The molecular weight excluding hydrogens is 574 g/mol. The summed E-state index contributed by atoms with van der Waals surface area (Å²) in [5.41, 5.74) is 1.13. The summed E-state index contributed by atoms with van der Waals surface area (Å²) >= 11 is 0. The van der Waals surface area contributed by atoms with Gasteiger partial charge in [-0.05, 0) is 80.4 Å². The molecule has 2 aromatic carbocycles. The fourth-order valence-electron chi connectivity index (χ4n) is 8.58. The van der Waals surface area contributed by atoms with Crippen LogP contribution in [0.2, 0.25) is 0 Å². The SMILES string of the molecule is CCc1c(F)ccc2cccc(-c3ncc4c(N5CCCC6(CNC(=O)C6)C5)nc(OCC56CCCN5CCC6)nc4c3F)c12. The van der Waals surface area contributed by atoms with Crippen molar-refractivity contribution >= 4 is 33.4 Å². The normalized spacial score (nSPS) is 22.9. The Balaban J connectivity index is 1.26. The molecule has 4 aromatic rings. The van der Waals surface area contributed by atoms with Crippen LogP contribution in [-0.4, -0.2) is 70.6 Å². The number of pyridine rings is 1. The third-order valence-corrected chi connectivity index (χ3v) is 10.8. The Morgan fingerprint density at radius 3 is 2.62 bits per heavy atom. The first-order valence-corrected chi connectivity index (χ1v) is 16.3. The Labute approximate surface area is 261 Å². The van der Waals surface area contributed by atoms with Crippen molar-refractivity contribution in [3.05, 3.63) is 53.7 Å². The summed E-state index contributed by atoms with van der Waals surface area (Å²) in [5, 5.41) is 5.00. The Kier molecular flexibility index (Phi) is 6.89. The van der Waals surface area contributed by atoms with E-state index in [4.69, 9.17) is 14.7 Å². The van der Waals surface area contributed by atoms with Gasteiger partial charge in [-0.15, -0.1) is 0 Å². The molecule has 10 heteroatoms. The number of rotatable bonds is 6. The van der Waals surface area contributed by atoms with Crippen molar-refractivity contribution in [2.24, 2.45) is 5.41 Å². The van der Waals surface area contributed by atoms with Gasteiger partial charge in [0.25, 0.3) is 0 Å². The summed E-state index contributed by atoms with van der Waals surface area (Å²) in [6.07, 6.45) is 8.85. The fraction of sp³-hybridized carbons (Fsp3) is 0.486. The lowest BCUT2D eigenvalue weighted by Crippen LogP contribution is -2.45. The van der Waals surface area contributed by atoms with Gasteiger partial charge >= 0.3 is 6.01 Å². The summed E-state index contributed by atoms with van der Waals surface area (Å²) < 4.78 is 38.2. The average Bonchev–Trinajstić information content (AvgIpc) is 3.74. The van der Waals surface area contributed by atoms with Crippen LogP contribution in [0.3, 0.4) is 0 Å². The van der Waals surface area contributed by atoms with Crippen LogP contribution < -0.4 is 15.0 Å². The van der Waals surface area contributed by atoms with Crippen molar-refractivity contribution in [1.82, 2.24) is 25.2 Å². The number of ether oxygens (including phenoxy) is 1. The highest BCUT2D eigenvalue weighted by Crippen LogP contribution is 2.42. The van der Waals surface area contributed by atoms with E-state index in [1.165, 1.54) is 6.07 Å². The Hall–Kier alpha value is -3.92. The zero-order valence-corrected chi connectivity index (χ0v) is 25.7. The maximum atomic E-state index is 16.9. The predicted molar refractivity (Wildman–Crippen MR) is 169 cm³/mol. The van der Waals surface area contributed by atoms with E-state index in [2.05, 4.69) is 20.1 Å². The number of fused-ring (bicyclic) bond motifs is 3. The Morgan fingerprint density at radius 1 is 1.02 bits per heavy atom. The summed E-state index contributed by atoms with van der Waals surface area (Å²) in [6.45, 7) is 6.49. The second-order valence-corrected chi connectivity index (χ2v) is 13.5. The highest BCUT2D eigenvalue weighted by Gasteiger charge is 2.45. The molecule has 8 rings (SSSR count). The van der Waals surface area contributed by atoms with Crippen LogP contribution in [0, 0.1) is 17.0 Å². The molecule has 4 fully saturated rings. The van der Waals surface area contributed by atoms with Gasteiger partial charge in [-0.25, -0.2) is 8.78 Å². The van der Waals surface area contributed by atoms with Crippen molar-refractivity contribution in [3.8, 4) is 17.3 Å². The molecule has 2 aromatic heterocycles. The number of nitrogens with zero attached hydrogens (tertiary/aromatic N) is 5. The molecule has 0 aliphatic carbocycles. The number of carbonyl (C=O) groups excluding carboxylic acids is 1. The molecule has 0 radical (unpaired) electrons. The lowest BCUT2D eigenvalue weighted by Gasteiger charge is -2.40. The number of hydrogen-bond donors (Lipinski definition) is 1. The van der Waals surface area contributed by atoms with Crippen molar-refractivity contribution in [3.63, 3.8) is 0 Å². The summed E-state index contributed by atoms with van der Waals surface area (Å²) in [5.74, 6) is -0.242. The standard InChI is InChI=1S/C35H38F2N6O2/c1-2-23-26(36)10-9-22-7-3-8-24(28(22)23)30-29(37)31-25(18-38-30)32(42-14-4-11-34(20-42)17-27(44)39-19-34)41-33(40-31)45-21-35-12-5-15-43(35)16-6-13-35/h3,7-10,18H,2,4-6,11-17,19-21H2,1H3,(H,39,44). The third kappa shape index (κ3) is 4.71. The van der Waals surface area contributed by atoms with E-state index in [0.717, 1.165) is 63.5 Å². The van der Waals surface area contributed by atoms with Gasteiger partial charge in [0.05, 0.1) is 10.9 Å². The van der Waals surface area contributed by atoms with Crippen LogP contribution in [0.5, 0.6) is 6.01 Å². The molecule has 1 unspecified atom stereocenters. The second-order valence-electron chi connectivity index (χ2n) is 13.5. The average molecular weight is 613 g/mol. The van der Waals surface area contributed by atoms with E-state index in [1.54, 1.807) is 18.3 Å². The summed E-state index contributed by atoms with van der Waals surface area (Å²) in [6, 6.07) is 8.89. The van der Waals surface area contributed by atoms with Crippen LogP contribution >= 0.6 is 0 Å². The first-order valence-electron chi connectivity index (χ1n) is 16.3. The molecule has 0 bridgehead atoms. The second kappa shape index (κ2) is 10.9. The molecule has 4 aliphatic rings. The van der Waals surface area contributed by atoms with Crippen LogP contribution in [-0.2, 0) is 11.2 Å². The molecule has 1 N–H and O–H groups in total. The molecule has 4 saturated heterocycles. The molecule has 8 nitrogen and oxygen atoms in total. The van der Waals surface area contributed by atoms with E-state index in [1.807, 2.05) is 19.1 Å². The van der Waals surface area contributed by atoms with E-state index < -0.39 is 5.82 Å². The number of nitrogens with one attached hydrogen (secondary N) is 1. The van der Waals surface area contributed by atoms with E-state index in [-0.39, 0.29) is 39.9 Å². The number of piperidine rings is 1. The highest BCUT2D eigenvalue weighted by atomic mass is 19.1. The van der Waals surface area contributed by atoms with Crippen LogP contribution in [0.25, 0.3) is 32.9 Å². The Bertz CT molecular complexity index is 1820. The number of aromatic nitrogens is 3. The monoisotopic (exact) mass is 612 g/mol. The van der Waals surface area contributed by atoms with Crippen molar-refractivity contribution in [1.29, 1.82) is 0 Å². The maximum Gasteiger partial charge on any atom is 0.319 e. The van der Waals surface area contributed by atoms with Crippen molar-refractivity contribution < 1.29 is 18.3 Å². The molecule has 1 amide bonds. The van der Waals surface area contributed by atoms with Gasteiger partial charge < -0.3 is 15.0 Å². The minimum atomic E-state index is -0.578. The predicted octanol–water partition coefficient (Wildman–Crippen LogP) is 5.80. The van der Waals surface area contributed by atoms with Gasteiger partial charge in [-0.2, -0.15) is 9.97 Å². The van der Waals surface area contributed by atoms with Gasteiger partial charge in [0.1, 0.15) is 29.5 Å². The van der Waals surface area contributed by atoms with Crippen LogP contribution in [0.1, 0.15) is 57.4 Å². The summed E-state index contributed by atoms with van der Waals surface area (Å²) in [4.78, 5) is 31.2. The Morgan fingerprint density at radius 2 is 1.84 bits per heavy atom. The third-order valence-electron chi connectivity index (χ3n) is 10.8. The van der Waals surface area contributed by atoms with Gasteiger partial charge in [0.15, 0.2) is 5.82 Å². The van der Waals surface area contributed by atoms with Crippen molar-refractivity contribution in [2.75, 3.05) is 44.2 Å². The largest absolute Gasteiger partial charge is 0.461 e. The van der Waals surface area contributed by atoms with Crippen LogP contribution in [0.15, 0.2) is 36.5 Å². The summed E-state index contributed by atoms with van der Waals surface area (Å²) in [7, 11) is 0. The van der Waals surface area contributed by atoms with Crippen LogP contribution in [0.4, 0.5) is 14.6 Å². The number of amides is 1. The molecule has 0 saturated carbocycles. The number of halogens is 2. The zero-order valence-electron chi connectivity index (χ0n) is 25.7. The lowest BCUT2D eigenvalue weighted by atomic mass is 9.79. The zero-order chi connectivity index (χ0) is 30.8. The number of anilines is 1. The first-order chi connectivity index (χ1) is 21.9. The number of hydrogen-bond acceptors (Lipinski definition) is 7. The number of aryl methyl sites for hydroxylation is 1. The molecule has 6 heterocycles. The molecule has 1 spiro atoms. The van der Waals surface area contributed by atoms with Gasteiger partial charge in [0.2, 0.25) is 5.91 Å². The minimum absolute atomic E-state index is 0.0188. The van der Waals surface area contributed by atoms with Gasteiger partial charge in [-0.3, -0.25) is 14.7 Å². The molecule has 1 atom stereocenters. The number of carbonyl (C=O) groups is 1. The fourth-order valence-corrected chi connectivity index (χ4v) is 8.58. The topological polar surface area (TPSA) is 83.5 Å². The van der Waals surface area contributed by atoms with E-state index in [9.17, 15) is 9.18 Å². The van der Waals surface area contributed by atoms with E-state index >= 15 is 4.39 Å².